The van der Waals surface area contributed by atoms with Gasteiger partial charge in [0.1, 0.15) is 11.8 Å². The van der Waals surface area contributed by atoms with Gasteiger partial charge in [-0.2, -0.15) is 4.98 Å². The van der Waals surface area contributed by atoms with Crippen LogP contribution >= 0.6 is 0 Å². The highest BCUT2D eigenvalue weighted by atomic mass is 16.5. The number of carbonyl (C=O) groups is 2. The predicted molar refractivity (Wildman–Crippen MR) is 98.8 cm³/mol. The second-order valence-corrected chi connectivity index (χ2v) is 6.38. The lowest BCUT2D eigenvalue weighted by Gasteiger charge is -2.26. The molecule has 0 bridgehead atoms. The van der Waals surface area contributed by atoms with Crippen LogP contribution in [0.15, 0.2) is 21.3 Å². The van der Waals surface area contributed by atoms with Gasteiger partial charge in [-0.15, -0.1) is 0 Å². The lowest BCUT2D eigenvalue weighted by molar-refractivity contribution is -0.141. The van der Waals surface area contributed by atoms with Crippen LogP contribution in [0.25, 0.3) is 11.0 Å². The Morgan fingerprint density at radius 1 is 1.36 bits per heavy atom. The van der Waals surface area contributed by atoms with Crippen LogP contribution in [0.3, 0.4) is 0 Å². The molecule has 0 saturated carbocycles. The number of ether oxygens (including phenoxy) is 2. The molecule has 3 rings (SSSR count). The molecule has 10 heteroatoms. The monoisotopic (exact) mass is 391 g/mol. The highest BCUT2D eigenvalue weighted by molar-refractivity contribution is 5.85. The number of benzene rings is 1. The van der Waals surface area contributed by atoms with Gasteiger partial charge < -0.3 is 29.2 Å². The number of fused-ring (bicyclic) bond motifs is 1. The van der Waals surface area contributed by atoms with Crippen molar-refractivity contribution in [3.63, 3.8) is 0 Å². The minimum absolute atomic E-state index is 0.217. The number of morpholine rings is 1. The lowest BCUT2D eigenvalue weighted by atomic mass is 10.1. The SMILES string of the molecule is Cc1c(OCC(=O)N[C@@H](C)C(=O)O)ccc2c(=O)nc(N3CCOCC3)oc12. The van der Waals surface area contributed by atoms with Gasteiger partial charge in [-0.05, 0) is 26.0 Å². The summed E-state index contributed by atoms with van der Waals surface area (Å²) in [4.78, 5) is 40.8. The fraction of sp³-hybridized carbons (Fsp3) is 0.444. The van der Waals surface area contributed by atoms with Crippen molar-refractivity contribution < 1.29 is 28.6 Å². The number of anilines is 1. The maximum absolute atomic E-state index is 12.4. The van der Waals surface area contributed by atoms with E-state index in [9.17, 15) is 14.4 Å². The molecule has 1 atom stereocenters. The number of carboxylic acids is 1. The van der Waals surface area contributed by atoms with Gasteiger partial charge in [0.2, 0.25) is 0 Å². The highest BCUT2D eigenvalue weighted by Crippen LogP contribution is 2.27. The van der Waals surface area contributed by atoms with Crippen LogP contribution in [-0.2, 0) is 14.3 Å². The molecule has 0 spiro atoms. The summed E-state index contributed by atoms with van der Waals surface area (Å²) < 4.78 is 16.6. The van der Waals surface area contributed by atoms with E-state index in [0.29, 0.717) is 48.6 Å². The number of aromatic nitrogens is 1. The number of amides is 1. The molecule has 28 heavy (non-hydrogen) atoms. The quantitative estimate of drug-likeness (QED) is 0.714. The molecule has 1 aromatic heterocycles. The Balaban J connectivity index is 1.82. The molecule has 1 amide bonds. The first kappa shape index (κ1) is 19.6. The van der Waals surface area contributed by atoms with E-state index in [1.807, 2.05) is 4.90 Å². The van der Waals surface area contributed by atoms with Gasteiger partial charge in [-0.3, -0.25) is 14.4 Å². The summed E-state index contributed by atoms with van der Waals surface area (Å²) in [5, 5.41) is 11.4. The minimum atomic E-state index is -1.14. The van der Waals surface area contributed by atoms with Crippen molar-refractivity contribution in [2.24, 2.45) is 0 Å². The van der Waals surface area contributed by atoms with E-state index in [0.717, 1.165) is 0 Å². The molecule has 0 aliphatic carbocycles. The molecule has 1 aliphatic rings. The van der Waals surface area contributed by atoms with Gasteiger partial charge in [0, 0.05) is 18.7 Å². The van der Waals surface area contributed by atoms with Gasteiger partial charge in [0.15, 0.2) is 12.2 Å². The van der Waals surface area contributed by atoms with E-state index in [1.165, 1.54) is 13.0 Å². The van der Waals surface area contributed by atoms with Crippen molar-refractivity contribution in [2.75, 3.05) is 37.8 Å². The summed E-state index contributed by atoms with van der Waals surface area (Å²) in [6, 6.07) is 2.28. The Morgan fingerprint density at radius 3 is 2.75 bits per heavy atom. The Morgan fingerprint density at radius 2 is 2.07 bits per heavy atom. The molecule has 0 unspecified atom stereocenters. The molecule has 2 aromatic rings. The van der Waals surface area contributed by atoms with Crippen LogP contribution in [0.5, 0.6) is 5.75 Å². The molecule has 1 aliphatic heterocycles. The zero-order chi connectivity index (χ0) is 20.3. The summed E-state index contributed by atoms with van der Waals surface area (Å²) in [5.41, 5.74) is 0.467. The highest BCUT2D eigenvalue weighted by Gasteiger charge is 2.19. The number of carbonyl (C=O) groups excluding carboxylic acids is 1. The van der Waals surface area contributed by atoms with E-state index in [4.69, 9.17) is 19.0 Å². The Hall–Kier alpha value is -3.14. The third-order valence-electron chi connectivity index (χ3n) is 4.37. The molecule has 2 N–H and O–H groups in total. The molecule has 1 fully saturated rings. The molecular weight excluding hydrogens is 370 g/mol. The molecule has 10 nitrogen and oxygen atoms in total. The average molecular weight is 391 g/mol. The molecule has 0 radical (unpaired) electrons. The topological polar surface area (TPSA) is 131 Å². The number of nitrogens with one attached hydrogen (secondary N) is 1. The van der Waals surface area contributed by atoms with Crippen LogP contribution in [0.1, 0.15) is 12.5 Å². The van der Waals surface area contributed by atoms with Gasteiger partial charge in [0.05, 0.1) is 18.6 Å². The summed E-state index contributed by atoms with van der Waals surface area (Å²) in [6.07, 6.45) is 0. The summed E-state index contributed by atoms with van der Waals surface area (Å²) in [6.45, 7) is 4.88. The number of hydrogen-bond acceptors (Lipinski definition) is 8. The van der Waals surface area contributed by atoms with Crippen molar-refractivity contribution in [3.8, 4) is 5.75 Å². The van der Waals surface area contributed by atoms with Crippen molar-refractivity contribution in [1.82, 2.24) is 10.3 Å². The third-order valence-corrected chi connectivity index (χ3v) is 4.37. The van der Waals surface area contributed by atoms with Crippen LogP contribution < -0.4 is 20.5 Å². The second kappa shape index (κ2) is 8.26. The Labute approximate surface area is 160 Å². The number of aryl methyl sites for hydroxylation is 1. The lowest BCUT2D eigenvalue weighted by Crippen LogP contribution is -2.40. The predicted octanol–water partition coefficient (Wildman–Crippen LogP) is 0.301. The Kier molecular flexibility index (Phi) is 5.78. The first-order valence-corrected chi connectivity index (χ1v) is 8.79. The maximum atomic E-state index is 12.4. The Bertz CT molecular complexity index is 950. The van der Waals surface area contributed by atoms with Crippen molar-refractivity contribution in [1.29, 1.82) is 0 Å². The number of nitrogens with zero attached hydrogens (tertiary/aromatic N) is 2. The van der Waals surface area contributed by atoms with E-state index < -0.39 is 23.5 Å². The number of hydrogen-bond donors (Lipinski definition) is 2. The minimum Gasteiger partial charge on any atom is -0.483 e. The maximum Gasteiger partial charge on any atom is 0.325 e. The fourth-order valence-corrected chi connectivity index (χ4v) is 2.77. The summed E-state index contributed by atoms with van der Waals surface area (Å²) >= 11 is 0. The molecular formula is C18H21N3O7. The number of rotatable bonds is 6. The van der Waals surface area contributed by atoms with E-state index in [-0.39, 0.29) is 12.6 Å². The first-order valence-electron chi connectivity index (χ1n) is 8.79. The second-order valence-electron chi connectivity index (χ2n) is 6.38. The number of aliphatic carboxylic acids is 1. The third kappa shape index (κ3) is 4.22. The largest absolute Gasteiger partial charge is 0.483 e. The van der Waals surface area contributed by atoms with E-state index in [2.05, 4.69) is 10.3 Å². The molecule has 2 heterocycles. The number of carboxylic acid groups (broad SMARTS) is 1. The van der Waals surface area contributed by atoms with Gasteiger partial charge in [-0.1, -0.05) is 0 Å². The zero-order valence-corrected chi connectivity index (χ0v) is 15.6. The smallest absolute Gasteiger partial charge is 0.325 e. The van der Waals surface area contributed by atoms with Crippen molar-refractivity contribution in [3.05, 3.63) is 28.0 Å². The summed E-state index contributed by atoms with van der Waals surface area (Å²) in [5.74, 6) is -1.35. The zero-order valence-electron chi connectivity index (χ0n) is 15.6. The van der Waals surface area contributed by atoms with E-state index >= 15 is 0 Å². The van der Waals surface area contributed by atoms with Crippen molar-refractivity contribution in [2.45, 2.75) is 19.9 Å². The van der Waals surface area contributed by atoms with Crippen LogP contribution in [0.2, 0.25) is 0 Å². The van der Waals surface area contributed by atoms with Gasteiger partial charge in [-0.25, -0.2) is 0 Å². The molecule has 1 aromatic carbocycles. The first-order chi connectivity index (χ1) is 13.4. The van der Waals surface area contributed by atoms with Crippen LogP contribution in [-0.4, -0.2) is 60.9 Å². The molecule has 1 saturated heterocycles. The summed E-state index contributed by atoms with van der Waals surface area (Å²) in [7, 11) is 0. The normalized spacial score (nSPS) is 15.3. The standard InChI is InChI=1S/C18H21N3O7/c1-10-13(27-9-14(22)19-11(2)17(24)25)4-3-12-15(10)28-18(20-16(12)23)21-5-7-26-8-6-21/h3-4,11H,5-9H2,1-2H3,(H,19,22)(H,24,25)/t11-/m0/s1. The van der Waals surface area contributed by atoms with Crippen LogP contribution in [0.4, 0.5) is 6.01 Å². The average Bonchev–Trinajstić information content (AvgIpc) is 2.68. The van der Waals surface area contributed by atoms with Gasteiger partial charge in [0.25, 0.3) is 11.5 Å². The molecule has 150 valence electrons. The van der Waals surface area contributed by atoms with Crippen molar-refractivity contribution >= 4 is 28.9 Å². The van der Waals surface area contributed by atoms with Gasteiger partial charge >= 0.3 is 12.0 Å². The van der Waals surface area contributed by atoms with Crippen LogP contribution in [0, 0.1) is 6.92 Å². The fourth-order valence-electron chi connectivity index (χ4n) is 2.77. The van der Waals surface area contributed by atoms with E-state index in [1.54, 1.807) is 13.0 Å².